The summed E-state index contributed by atoms with van der Waals surface area (Å²) in [4.78, 5) is 19.5. The van der Waals surface area contributed by atoms with Gasteiger partial charge in [-0.3, -0.25) is 9.78 Å². The number of Topliss-reactive ketones (excluding diaryl/α,β-unsaturated/α-hetero) is 1. The minimum Gasteiger partial charge on any atom is -0.291 e. The summed E-state index contributed by atoms with van der Waals surface area (Å²) in [6.45, 7) is 0. The normalized spacial score (nSPS) is 22.0. The zero-order valence-corrected chi connectivity index (χ0v) is 23.3. The van der Waals surface area contributed by atoms with E-state index in [4.69, 9.17) is 0 Å². The van der Waals surface area contributed by atoms with Crippen molar-refractivity contribution < 1.29 is 30.8 Å². The summed E-state index contributed by atoms with van der Waals surface area (Å²) in [7, 11) is -4.00. The van der Waals surface area contributed by atoms with E-state index < -0.39 is 43.8 Å². The molecule has 222 valence electrons. The molecule has 3 aliphatic rings. The summed E-state index contributed by atoms with van der Waals surface area (Å²) in [5.41, 5.74) is -0.0250. The minimum absolute atomic E-state index is 0.0671. The monoisotopic (exact) mass is 612 g/mol. The first kappa shape index (κ1) is 27.6. The van der Waals surface area contributed by atoms with E-state index in [-0.39, 0.29) is 42.4 Å². The van der Waals surface area contributed by atoms with Crippen LogP contribution < -0.4 is 0 Å². The van der Waals surface area contributed by atoms with Gasteiger partial charge in [-0.1, -0.05) is 5.57 Å². The van der Waals surface area contributed by atoms with Crippen LogP contribution in [0.25, 0.3) is 11.8 Å². The van der Waals surface area contributed by atoms with Crippen LogP contribution in [0.4, 0.5) is 17.6 Å². The van der Waals surface area contributed by atoms with E-state index in [1.165, 1.54) is 23.1 Å². The Hall–Kier alpha value is -4.20. The topological polar surface area (TPSA) is 113 Å². The smallest absolute Gasteiger partial charge is 0.291 e. The van der Waals surface area contributed by atoms with E-state index in [0.717, 1.165) is 25.0 Å². The van der Waals surface area contributed by atoms with Crippen LogP contribution in [0, 0.1) is 11.2 Å². The molecule has 0 radical (unpaired) electrons. The van der Waals surface area contributed by atoms with Crippen molar-refractivity contribution in [1.29, 1.82) is 0 Å². The fourth-order valence-corrected chi connectivity index (χ4v) is 7.77. The third-order valence-corrected chi connectivity index (χ3v) is 10.6. The molecular formula is C29H24F4N6O3S. The zero-order valence-electron chi connectivity index (χ0n) is 22.5. The van der Waals surface area contributed by atoms with Gasteiger partial charge in [0.1, 0.15) is 11.5 Å². The van der Waals surface area contributed by atoms with E-state index in [9.17, 15) is 30.8 Å². The first-order valence-electron chi connectivity index (χ1n) is 13.7. The summed E-state index contributed by atoms with van der Waals surface area (Å²) in [5, 5.41) is 11.7. The lowest BCUT2D eigenvalue weighted by Crippen LogP contribution is -2.46. The standard InChI is InChI=1S/C29H24F4N6O3S/c30-20-3-5-21(6-4-20)38-25-11-18-1-9-23(43(41,42)26-16-36-39(37-26)22-7-8-22)13-28(18,12-17(25)14-35-38)27(40)24-10-2-19(15-34-24)29(31,32)33/h2-6,10-11,14-16,22-23H,1,7-9,12-13H2/t23-,28-/m0/s1. The Morgan fingerprint density at radius 2 is 1.74 bits per heavy atom. The van der Waals surface area contributed by atoms with Crippen molar-refractivity contribution in [3.05, 3.63) is 88.9 Å². The van der Waals surface area contributed by atoms with Crippen LogP contribution >= 0.6 is 0 Å². The Balaban J connectivity index is 1.30. The fourth-order valence-electron chi connectivity index (χ4n) is 6.10. The molecule has 0 N–H and O–H groups in total. The number of carbonyl (C=O) groups is 1. The van der Waals surface area contributed by atoms with Gasteiger partial charge in [-0.2, -0.15) is 28.2 Å². The predicted molar refractivity (Wildman–Crippen MR) is 144 cm³/mol. The number of fused-ring (bicyclic) bond motifs is 2. The number of sulfone groups is 1. The number of halogens is 4. The first-order valence-corrected chi connectivity index (χ1v) is 15.3. The molecule has 0 spiro atoms. The average molecular weight is 613 g/mol. The van der Waals surface area contributed by atoms with Crippen LogP contribution in [0.5, 0.6) is 0 Å². The number of hydrogen-bond acceptors (Lipinski definition) is 7. The third kappa shape index (κ3) is 4.67. The molecule has 0 amide bonds. The lowest BCUT2D eigenvalue weighted by atomic mass is 9.61. The van der Waals surface area contributed by atoms with E-state index in [1.807, 2.05) is 0 Å². The number of pyridine rings is 1. The number of hydrogen-bond donors (Lipinski definition) is 0. The molecule has 9 nitrogen and oxygen atoms in total. The number of carbonyl (C=O) groups excluding carboxylic acids is 1. The highest BCUT2D eigenvalue weighted by Crippen LogP contribution is 2.52. The SMILES string of the molecule is O=C(c1ccc(C(F)(F)F)cn1)[C@]12Cc3cnn(-c4ccc(F)cc4)c3C=C1CC[C@H](S(=O)(=O)c1cnn(C3CC3)n1)C2. The molecule has 0 unspecified atom stereocenters. The molecule has 3 heterocycles. The van der Waals surface area contributed by atoms with Gasteiger partial charge in [0.15, 0.2) is 10.8 Å². The highest BCUT2D eigenvalue weighted by atomic mass is 32.2. The van der Waals surface area contributed by atoms with Gasteiger partial charge in [0, 0.05) is 6.20 Å². The van der Waals surface area contributed by atoms with Crippen LogP contribution in [0.1, 0.15) is 65.5 Å². The molecular weight excluding hydrogens is 588 g/mol. The van der Waals surface area contributed by atoms with E-state index >= 15 is 0 Å². The maximum Gasteiger partial charge on any atom is 0.417 e. The summed E-state index contributed by atoms with van der Waals surface area (Å²) in [6.07, 6.45) is 2.73. The van der Waals surface area contributed by atoms with E-state index in [2.05, 4.69) is 20.3 Å². The molecule has 2 atom stereocenters. The number of allylic oxidation sites excluding steroid dienone is 1. The number of rotatable bonds is 6. The minimum atomic E-state index is -4.63. The van der Waals surface area contributed by atoms with Crippen molar-refractivity contribution in [2.24, 2.45) is 5.41 Å². The van der Waals surface area contributed by atoms with Gasteiger partial charge in [-0.25, -0.2) is 17.5 Å². The molecule has 7 rings (SSSR count). The van der Waals surface area contributed by atoms with Crippen LogP contribution in [-0.2, 0) is 22.4 Å². The fraction of sp³-hybridized carbons (Fsp3) is 0.345. The van der Waals surface area contributed by atoms with Gasteiger partial charge in [-0.15, -0.1) is 5.10 Å². The molecule has 0 bridgehead atoms. The van der Waals surface area contributed by atoms with Crippen molar-refractivity contribution >= 4 is 21.7 Å². The Morgan fingerprint density at radius 1 is 0.977 bits per heavy atom. The van der Waals surface area contributed by atoms with Gasteiger partial charge >= 0.3 is 6.18 Å². The number of benzene rings is 1. The zero-order chi connectivity index (χ0) is 30.1. The van der Waals surface area contributed by atoms with Crippen LogP contribution in [0.3, 0.4) is 0 Å². The first-order chi connectivity index (χ1) is 20.5. The molecule has 14 heteroatoms. The summed E-state index contributed by atoms with van der Waals surface area (Å²) in [6, 6.07) is 7.66. The van der Waals surface area contributed by atoms with Crippen molar-refractivity contribution in [1.82, 2.24) is 29.8 Å². The lowest BCUT2D eigenvalue weighted by molar-refractivity contribution is -0.137. The second-order valence-corrected chi connectivity index (χ2v) is 13.4. The average Bonchev–Trinajstić information content (AvgIpc) is 3.57. The van der Waals surface area contributed by atoms with Crippen LogP contribution in [0.2, 0.25) is 0 Å². The Morgan fingerprint density at radius 3 is 2.42 bits per heavy atom. The Labute approximate surface area is 243 Å². The van der Waals surface area contributed by atoms with Gasteiger partial charge in [0.25, 0.3) is 0 Å². The third-order valence-electron chi connectivity index (χ3n) is 8.54. The quantitative estimate of drug-likeness (QED) is 0.218. The number of alkyl halides is 3. The molecule has 3 aromatic heterocycles. The highest BCUT2D eigenvalue weighted by molar-refractivity contribution is 7.92. The molecule has 3 aliphatic carbocycles. The largest absolute Gasteiger partial charge is 0.417 e. The summed E-state index contributed by atoms with van der Waals surface area (Å²) < 4.78 is 82.5. The molecule has 0 aliphatic heterocycles. The van der Waals surface area contributed by atoms with E-state index in [0.29, 0.717) is 28.7 Å². The van der Waals surface area contributed by atoms with Gasteiger partial charge in [-0.05, 0) is 86.6 Å². The Bertz CT molecular complexity index is 1880. The van der Waals surface area contributed by atoms with Crippen molar-refractivity contribution in [3.8, 4) is 5.69 Å². The highest BCUT2D eigenvalue weighted by Gasteiger charge is 2.52. The molecule has 2 fully saturated rings. The second kappa shape index (κ2) is 9.66. The van der Waals surface area contributed by atoms with Crippen LogP contribution in [0.15, 0.2) is 65.6 Å². The molecule has 0 saturated heterocycles. The summed E-state index contributed by atoms with van der Waals surface area (Å²) in [5.74, 6) is -0.970. The van der Waals surface area contributed by atoms with Crippen molar-refractivity contribution in [3.63, 3.8) is 0 Å². The molecule has 4 aromatic rings. The maximum atomic E-state index is 14.3. The van der Waals surface area contributed by atoms with Gasteiger partial charge < -0.3 is 0 Å². The van der Waals surface area contributed by atoms with Crippen molar-refractivity contribution in [2.75, 3.05) is 0 Å². The van der Waals surface area contributed by atoms with Crippen LogP contribution in [-0.4, -0.2) is 49.2 Å². The number of nitrogens with zero attached hydrogens (tertiary/aromatic N) is 6. The Kier molecular flexibility index (Phi) is 6.20. The predicted octanol–water partition coefficient (Wildman–Crippen LogP) is 5.19. The number of ketones is 1. The molecule has 2 saturated carbocycles. The lowest BCUT2D eigenvalue weighted by Gasteiger charge is -2.43. The second-order valence-electron chi connectivity index (χ2n) is 11.3. The molecule has 1 aromatic carbocycles. The van der Waals surface area contributed by atoms with E-state index in [1.54, 1.807) is 29.1 Å². The maximum absolute atomic E-state index is 14.3. The van der Waals surface area contributed by atoms with Gasteiger partial charge in [0.2, 0.25) is 9.84 Å². The van der Waals surface area contributed by atoms with Gasteiger partial charge in [0.05, 0.1) is 46.0 Å². The van der Waals surface area contributed by atoms with Crippen molar-refractivity contribution in [2.45, 2.75) is 61.0 Å². The number of aromatic nitrogens is 6. The summed E-state index contributed by atoms with van der Waals surface area (Å²) >= 11 is 0. The molecule has 43 heavy (non-hydrogen) atoms.